The van der Waals surface area contributed by atoms with Gasteiger partial charge in [0.25, 0.3) is 0 Å². The number of carbonyl (C=O) groups is 2. The van der Waals surface area contributed by atoms with Gasteiger partial charge in [-0.15, -0.1) is 0 Å². The predicted octanol–water partition coefficient (Wildman–Crippen LogP) is 0.247. The number of nitrogens with one attached hydrogen (secondary N) is 1. The summed E-state index contributed by atoms with van der Waals surface area (Å²) in [7, 11) is 3.48. The van der Waals surface area contributed by atoms with Crippen molar-refractivity contribution in [1.29, 1.82) is 0 Å². The molecular formula is C19H35N5O3. The lowest BCUT2D eigenvalue weighted by atomic mass is 9.95. The average molecular weight is 382 g/mol. The van der Waals surface area contributed by atoms with Gasteiger partial charge in [-0.1, -0.05) is 13.8 Å². The number of likely N-dealkylation sites (tertiary alicyclic amines) is 1. The fourth-order valence-corrected chi connectivity index (χ4v) is 3.23. The molecule has 1 N–H and O–H groups in total. The first-order chi connectivity index (χ1) is 12.9. The van der Waals surface area contributed by atoms with Crippen LogP contribution in [0.4, 0.5) is 0 Å². The third-order valence-corrected chi connectivity index (χ3v) is 5.00. The summed E-state index contributed by atoms with van der Waals surface area (Å²) < 4.78 is 5.34. The highest BCUT2D eigenvalue weighted by Crippen LogP contribution is 2.20. The number of rotatable bonds is 5. The summed E-state index contributed by atoms with van der Waals surface area (Å²) in [5.41, 5.74) is 0. The van der Waals surface area contributed by atoms with E-state index in [2.05, 4.69) is 29.1 Å². The van der Waals surface area contributed by atoms with E-state index in [9.17, 15) is 9.59 Å². The van der Waals surface area contributed by atoms with Crippen LogP contribution in [0.5, 0.6) is 0 Å². The van der Waals surface area contributed by atoms with E-state index in [1.807, 2.05) is 4.90 Å². The van der Waals surface area contributed by atoms with Crippen LogP contribution in [0.1, 0.15) is 26.7 Å². The maximum absolute atomic E-state index is 12.7. The molecule has 2 fully saturated rings. The fraction of sp³-hybridized carbons (Fsp3) is 0.842. The molecule has 27 heavy (non-hydrogen) atoms. The summed E-state index contributed by atoms with van der Waals surface area (Å²) in [6.45, 7) is 9.47. The molecule has 0 bridgehead atoms. The van der Waals surface area contributed by atoms with Gasteiger partial charge in [0.1, 0.15) is 6.54 Å². The molecule has 2 saturated heterocycles. The van der Waals surface area contributed by atoms with Crippen molar-refractivity contribution in [2.45, 2.75) is 26.7 Å². The highest BCUT2D eigenvalue weighted by Gasteiger charge is 2.30. The molecule has 0 unspecified atom stereocenters. The van der Waals surface area contributed by atoms with Crippen LogP contribution in [0.2, 0.25) is 0 Å². The molecule has 8 nitrogen and oxygen atoms in total. The van der Waals surface area contributed by atoms with E-state index in [0.717, 1.165) is 38.4 Å². The molecule has 2 aliphatic heterocycles. The van der Waals surface area contributed by atoms with Gasteiger partial charge in [-0.05, 0) is 18.8 Å². The number of hydrogen-bond acceptors (Lipinski definition) is 4. The number of morpholine rings is 1. The molecule has 154 valence electrons. The van der Waals surface area contributed by atoms with E-state index >= 15 is 0 Å². The molecule has 0 aliphatic carbocycles. The van der Waals surface area contributed by atoms with Crippen molar-refractivity contribution in [1.82, 2.24) is 20.0 Å². The number of carbonyl (C=O) groups excluding carboxylic acids is 2. The summed E-state index contributed by atoms with van der Waals surface area (Å²) >= 11 is 0. The van der Waals surface area contributed by atoms with Gasteiger partial charge in [0.15, 0.2) is 5.96 Å². The average Bonchev–Trinajstić information content (AvgIpc) is 2.68. The van der Waals surface area contributed by atoms with E-state index in [1.54, 1.807) is 19.0 Å². The molecule has 2 rings (SSSR count). The standard InChI is InChI=1S/C19H35N5O3/c1-15(2)13-20-19(21-14-17(25)22(3)4)24-7-5-16(6-8-24)18(26)23-9-11-27-12-10-23/h15-16H,5-14H2,1-4H3,(H,20,21). The molecule has 0 atom stereocenters. The Balaban J connectivity index is 1.92. The molecule has 0 aromatic rings. The van der Waals surface area contributed by atoms with Crippen molar-refractivity contribution < 1.29 is 14.3 Å². The molecule has 0 saturated carbocycles. The fourth-order valence-electron chi connectivity index (χ4n) is 3.23. The van der Waals surface area contributed by atoms with Crippen LogP contribution in [0.25, 0.3) is 0 Å². The SMILES string of the molecule is CC(C)CNC(=NCC(=O)N(C)C)N1CCC(C(=O)N2CCOCC2)CC1. The van der Waals surface area contributed by atoms with Gasteiger partial charge in [-0.3, -0.25) is 9.59 Å². The summed E-state index contributed by atoms with van der Waals surface area (Å²) in [5.74, 6) is 1.58. The molecule has 2 amide bonds. The van der Waals surface area contributed by atoms with Crippen molar-refractivity contribution in [3.05, 3.63) is 0 Å². The number of guanidine groups is 1. The normalized spacial score (nSPS) is 19.4. The van der Waals surface area contributed by atoms with Gasteiger partial charge < -0.3 is 24.8 Å². The zero-order valence-electron chi connectivity index (χ0n) is 17.2. The molecule has 0 radical (unpaired) electrons. The second kappa shape index (κ2) is 10.5. The maximum Gasteiger partial charge on any atom is 0.243 e. The van der Waals surface area contributed by atoms with Gasteiger partial charge in [-0.2, -0.15) is 0 Å². The second-order valence-electron chi connectivity index (χ2n) is 7.90. The minimum Gasteiger partial charge on any atom is -0.378 e. The molecule has 8 heteroatoms. The molecule has 2 heterocycles. The van der Waals surface area contributed by atoms with E-state index in [-0.39, 0.29) is 24.3 Å². The summed E-state index contributed by atoms with van der Waals surface area (Å²) in [6, 6.07) is 0. The lowest BCUT2D eigenvalue weighted by Gasteiger charge is -2.37. The number of ether oxygens (including phenoxy) is 1. The van der Waals surface area contributed by atoms with Crippen molar-refractivity contribution in [2.75, 3.05) is 66.6 Å². The number of hydrogen-bond donors (Lipinski definition) is 1. The Morgan fingerprint density at radius 1 is 1.11 bits per heavy atom. The highest BCUT2D eigenvalue weighted by molar-refractivity contribution is 5.85. The predicted molar refractivity (Wildman–Crippen MR) is 106 cm³/mol. The number of aliphatic imine (C=N–C) groups is 1. The smallest absolute Gasteiger partial charge is 0.243 e. The van der Waals surface area contributed by atoms with Crippen molar-refractivity contribution in [3.63, 3.8) is 0 Å². The zero-order valence-corrected chi connectivity index (χ0v) is 17.2. The monoisotopic (exact) mass is 381 g/mol. The topological polar surface area (TPSA) is 77.5 Å². The van der Waals surface area contributed by atoms with Gasteiger partial charge in [0.05, 0.1) is 13.2 Å². The second-order valence-corrected chi connectivity index (χ2v) is 7.90. The van der Waals surface area contributed by atoms with Crippen LogP contribution in [0.15, 0.2) is 4.99 Å². The molecule has 0 aromatic carbocycles. The molecule has 2 aliphatic rings. The third kappa shape index (κ3) is 6.68. The quantitative estimate of drug-likeness (QED) is 0.546. The summed E-state index contributed by atoms with van der Waals surface area (Å²) in [6.07, 6.45) is 1.64. The minimum atomic E-state index is -0.0174. The highest BCUT2D eigenvalue weighted by atomic mass is 16.5. The van der Waals surface area contributed by atoms with E-state index in [1.165, 1.54) is 0 Å². The first-order valence-electron chi connectivity index (χ1n) is 9.98. The number of piperidine rings is 1. The van der Waals surface area contributed by atoms with Crippen molar-refractivity contribution >= 4 is 17.8 Å². The van der Waals surface area contributed by atoms with Crippen molar-refractivity contribution in [2.24, 2.45) is 16.8 Å². The van der Waals surface area contributed by atoms with Crippen molar-refractivity contribution in [3.8, 4) is 0 Å². The number of likely N-dealkylation sites (N-methyl/N-ethyl adjacent to an activating group) is 1. The number of amides is 2. The Kier molecular flexibility index (Phi) is 8.34. The lowest BCUT2D eigenvalue weighted by Crippen LogP contribution is -2.50. The first-order valence-corrected chi connectivity index (χ1v) is 9.98. The van der Waals surface area contributed by atoms with E-state index in [4.69, 9.17) is 4.74 Å². The van der Waals surface area contributed by atoms with Gasteiger partial charge in [0, 0.05) is 52.7 Å². The van der Waals surface area contributed by atoms with Crippen LogP contribution in [-0.4, -0.2) is 99.1 Å². The lowest BCUT2D eigenvalue weighted by molar-refractivity contribution is -0.140. The number of nitrogens with zero attached hydrogens (tertiary/aromatic N) is 4. The first kappa shape index (κ1) is 21.5. The van der Waals surface area contributed by atoms with Gasteiger partial charge >= 0.3 is 0 Å². The molecular weight excluding hydrogens is 346 g/mol. The maximum atomic E-state index is 12.7. The van der Waals surface area contributed by atoms with E-state index in [0.29, 0.717) is 32.2 Å². The van der Waals surface area contributed by atoms with Crippen LogP contribution in [0, 0.1) is 11.8 Å². The Hall–Kier alpha value is -1.83. The van der Waals surface area contributed by atoms with Crippen LogP contribution < -0.4 is 5.32 Å². The zero-order chi connectivity index (χ0) is 19.8. The Bertz CT molecular complexity index is 521. The van der Waals surface area contributed by atoms with Gasteiger partial charge in [-0.25, -0.2) is 4.99 Å². The van der Waals surface area contributed by atoms with Crippen LogP contribution in [-0.2, 0) is 14.3 Å². The Morgan fingerprint density at radius 3 is 2.30 bits per heavy atom. The summed E-state index contributed by atoms with van der Waals surface area (Å²) in [5, 5.41) is 3.38. The van der Waals surface area contributed by atoms with Gasteiger partial charge in [0.2, 0.25) is 11.8 Å². The van der Waals surface area contributed by atoms with Crippen LogP contribution in [0.3, 0.4) is 0 Å². The largest absolute Gasteiger partial charge is 0.378 e. The third-order valence-electron chi connectivity index (χ3n) is 5.00. The van der Waals surface area contributed by atoms with Crippen LogP contribution >= 0.6 is 0 Å². The molecule has 0 spiro atoms. The molecule has 0 aromatic heterocycles. The minimum absolute atomic E-state index is 0.0174. The summed E-state index contributed by atoms with van der Waals surface area (Å²) in [4.78, 5) is 34.8. The van der Waals surface area contributed by atoms with E-state index < -0.39 is 0 Å². The Labute approximate surface area is 162 Å². The Morgan fingerprint density at radius 2 is 1.74 bits per heavy atom.